The van der Waals surface area contributed by atoms with Crippen LogP contribution in [0.15, 0.2) is 47.2 Å². The van der Waals surface area contributed by atoms with Crippen molar-refractivity contribution in [2.75, 3.05) is 18.8 Å². The van der Waals surface area contributed by atoms with Crippen molar-refractivity contribution in [1.82, 2.24) is 24.5 Å². The molecule has 164 valence electrons. The van der Waals surface area contributed by atoms with Gasteiger partial charge in [-0.1, -0.05) is 37.3 Å². The number of hydrogen-bond donors (Lipinski definition) is 1. The highest BCUT2D eigenvalue weighted by Crippen LogP contribution is 2.39. The lowest BCUT2D eigenvalue weighted by Gasteiger charge is -2.32. The topological polar surface area (TPSA) is 89.4 Å². The van der Waals surface area contributed by atoms with Crippen LogP contribution in [0.4, 0.5) is 5.82 Å². The number of carbonyl (C=O) groups is 1. The van der Waals surface area contributed by atoms with Crippen LogP contribution in [-0.2, 0) is 4.79 Å². The maximum absolute atomic E-state index is 12.0. The van der Waals surface area contributed by atoms with Gasteiger partial charge in [0.15, 0.2) is 5.65 Å². The summed E-state index contributed by atoms with van der Waals surface area (Å²) in [7, 11) is 0. The average molecular weight is 511 g/mol. The summed E-state index contributed by atoms with van der Waals surface area (Å²) in [6, 6.07) is 10.1. The van der Waals surface area contributed by atoms with Gasteiger partial charge in [0.25, 0.3) is 0 Å². The Labute approximate surface area is 198 Å². The number of piperidine rings is 1. The van der Waals surface area contributed by atoms with Crippen LogP contribution in [0.2, 0.25) is 0 Å². The second kappa shape index (κ2) is 8.63. The third-order valence-electron chi connectivity index (χ3n) is 5.98. The van der Waals surface area contributed by atoms with E-state index in [2.05, 4.69) is 38.1 Å². The van der Waals surface area contributed by atoms with Gasteiger partial charge >= 0.3 is 0 Å². The number of fused-ring (bicyclic) bond motifs is 1. The molecule has 0 atom stereocenters. The molecule has 0 unspecified atom stereocenters. The summed E-state index contributed by atoms with van der Waals surface area (Å²) in [5.74, 6) is 0.987. The van der Waals surface area contributed by atoms with Crippen LogP contribution in [0, 0.1) is 0 Å². The van der Waals surface area contributed by atoms with Gasteiger partial charge in [0.2, 0.25) is 5.91 Å². The Morgan fingerprint density at radius 3 is 2.69 bits per heavy atom. The summed E-state index contributed by atoms with van der Waals surface area (Å²) in [6.07, 6.45) is 5.97. The highest BCUT2D eigenvalue weighted by Gasteiger charge is 2.28. The minimum absolute atomic E-state index is 0.211. The molecule has 0 spiro atoms. The molecule has 0 bridgehead atoms. The molecule has 32 heavy (non-hydrogen) atoms. The van der Waals surface area contributed by atoms with Crippen molar-refractivity contribution < 1.29 is 4.79 Å². The fourth-order valence-corrected chi connectivity index (χ4v) is 5.70. The van der Waals surface area contributed by atoms with Gasteiger partial charge in [-0.2, -0.15) is 9.61 Å². The van der Waals surface area contributed by atoms with Gasteiger partial charge in [-0.15, -0.1) is 11.3 Å². The van der Waals surface area contributed by atoms with Gasteiger partial charge in [-0.3, -0.25) is 4.79 Å². The number of hydrogen-bond acceptors (Lipinski definition) is 6. The molecule has 1 amide bonds. The Kier molecular flexibility index (Phi) is 5.69. The first-order valence-corrected chi connectivity index (χ1v) is 12.3. The molecule has 0 aliphatic carbocycles. The molecule has 4 aromatic rings. The Hall–Kier alpha value is -2.78. The lowest BCUT2D eigenvalue weighted by atomic mass is 9.93. The van der Waals surface area contributed by atoms with E-state index in [1.165, 1.54) is 0 Å². The minimum Gasteiger partial charge on any atom is -0.383 e. The molecule has 7 nitrogen and oxygen atoms in total. The minimum atomic E-state index is 0.211. The average Bonchev–Trinajstić information content (AvgIpc) is 3.49. The van der Waals surface area contributed by atoms with E-state index in [1.807, 2.05) is 36.2 Å². The molecular weight excluding hydrogens is 488 g/mol. The van der Waals surface area contributed by atoms with Crippen LogP contribution in [-0.4, -0.2) is 43.5 Å². The molecule has 1 fully saturated rings. The van der Waals surface area contributed by atoms with Crippen molar-refractivity contribution in [1.29, 1.82) is 0 Å². The molecule has 0 saturated carbocycles. The molecule has 9 heteroatoms. The highest BCUT2D eigenvalue weighted by molar-refractivity contribution is 9.10. The number of benzene rings is 1. The summed E-state index contributed by atoms with van der Waals surface area (Å²) in [4.78, 5) is 24.6. The molecule has 1 aliphatic rings. The summed E-state index contributed by atoms with van der Waals surface area (Å²) in [5.41, 5.74) is 10.1. The number of likely N-dealkylation sites (tertiary alicyclic amines) is 1. The highest BCUT2D eigenvalue weighted by atomic mass is 79.9. The summed E-state index contributed by atoms with van der Waals surface area (Å²) >= 11 is 5.27. The van der Waals surface area contributed by atoms with Crippen molar-refractivity contribution in [3.05, 3.63) is 52.9 Å². The monoisotopic (exact) mass is 510 g/mol. The number of thiazole rings is 1. The van der Waals surface area contributed by atoms with Gasteiger partial charge in [0.1, 0.15) is 10.8 Å². The van der Waals surface area contributed by atoms with E-state index in [9.17, 15) is 4.79 Å². The van der Waals surface area contributed by atoms with Gasteiger partial charge in [-0.05, 0) is 28.8 Å². The first-order valence-electron chi connectivity index (χ1n) is 10.7. The van der Waals surface area contributed by atoms with Crippen LogP contribution in [0.3, 0.4) is 0 Å². The summed E-state index contributed by atoms with van der Waals surface area (Å²) < 4.78 is 2.47. The Morgan fingerprint density at radius 2 is 1.97 bits per heavy atom. The normalized spacial score (nSPS) is 14.9. The van der Waals surface area contributed by atoms with Crippen molar-refractivity contribution in [3.8, 4) is 21.0 Å². The second-order valence-electron chi connectivity index (χ2n) is 7.89. The number of halogens is 1. The number of amides is 1. The van der Waals surface area contributed by atoms with Crippen molar-refractivity contribution in [2.24, 2.45) is 0 Å². The predicted molar refractivity (Wildman–Crippen MR) is 130 cm³/mol. The largest absolute Gasteiger partial charge is 0.383 e. The van der Waals surface area contributed by atoms with Crippen molar-refractivity contribution in [3.63, 3.8) is 0 Å². The fourth-order valence-electron chi connectivity index (χ4n) is 4.20. The molecule has 2 N–H and O–H groups in total. The quantitative estimate of drug-likeness (QED) is 0.418. The maximum atomic E-state index is 12.0. The maximum Gasteiger partial charge on any atom is 0.222 e. The molecule has 4 heterocycles. The lowest BCUT2D eigenvalue weighted by Crippen LogP contribution is -2.37. The summed E-state index contributed by atoms with van der Waals surface area (Å²) in [5, 5.41) is 5.45. The SMILES string of the molecule is CCC(=O)N1CCC(c2nc3c(-c4cnc(-c5ccccc5)s4)cnn3c(N)c2Br)CC1. The van der Waals surface area contributed by atoms with Crippen LogP contribution in [0.25, 0.3) is 26.7 Å². The van der Waals surface area contributed by atoms with E-state index >= 15 is 0 Å². The van der Waals surface area contributed by atoms with E-state index in [0.29, 0.717) is 12.2 Å². The first kappa shape index (κ1) is 21.1. The molecule has 1 saturated heterocycles. The molecule has 1 aliphatic heterocycles. The van der Waals surface area contributed by atoms with E-state index < -0.39 is 0 Å². The van der Waals surface area contributed by atoms with Crippen molar-refractivity contribution >= 4 is 44.6 Å². The van der Waals surface area contributed by atoms with Crippen LogP contribution in [0.5, 0.6) is 0 Å². The van der Waals surface area contributed by atoms with E-state index in [1.54, 1.807) is 22.0 Å². The number of rotatable bonds is 4. The zero-order valence-corrected chi connectivity index (χ0v) is 20.1. The number of carbonyl (C=O) groups excluding carboxylic acids is 1. The van der Waals surface area contributed by atoms with Crippen LogP contribution in [0.1, 0.15) is 37.8 Å². The van der Waals surface area contributed by atoms with Gasteiger partial charge in [-0.25, -0.2) is 9.97 Å². The summed E-state index contributed by atoms with van der Waals surface area (Å²) in [6.45, 7) is 3.40. The third kappa shape index (κ3) is 3.69. The smallest absolute Gasteiger partial charge is 0.222 e. The zero-order valence-electron chi connectivity index (χ0n) is 17.7. The number of anilines is 1. The van der Waals surface area contributed by atoms with Crippen LogP contribution < -0.4 is 5.73 Å². The molecular formula is C23H23BrN6OS. The number of nitrogen functional groups attached to an aromatic ring is 1. The van der Waals surface area contributed by atoms with E-state index in [0.717, 1.165) is 62.8 Å². The Bertz CT molecular complexity index is 1280. The third-order valence-corrected chi connectivity index (χ3v) is 7.87. The van der Waals surface area contributed by atoms with Crippen LogP contribution >= 0.6 is 27.3 Å². The lowest BCUT2D eigenvalue weighted by molar-refractivity contribution is -0.131. The van der Waals surface area contributed by atoms with Crippen molar-refractivity contribution in [2.45, 2.75) is 32.1 Å². The molecule has 0 radical (unpaired) electrons. The Morgan fingerprint density at radius 1 is 1.22 bits per heavy atom. The number of nitrogens with two attached hydrogens (primary N) is 1. The van der Waals surface area contributed by atoms with Gasteiger partial charge in [0, 0.05) is 37.2 Å². The van der Waals surface area contributed by atoms with E-state index in [-0.39, 0.29) is 11.8 Å². The fraction of sp³-hybridized carbons (Fsp3) is 0.304. The molecule has 5 rings (SSSR count). The predicted octanol–water partition coefficient (Wildman–Crippen LogP) is 4.98. The van der Waals surface area contributed by atoms with Gasteiger partial charge in [0.05, 0.1) is 26.8 Å². The van der Waals surface area contributed by atoms with E-state index in [4.69, 9.17) is 10.7 Å². The first-order chi connectivity index (χ1) is 15.6. The number of nitrogens with zero attached hydrogens (tertiary/aromatic N) is 5. The second-order valence-corrected chi connectivity index (χ2v) is 9.72. The molecule has 3 aromatic heterocycles. The molecule has 1 aromatic carbocycles. The zero-order chi connectivity index (χ0) is 22.2. The Balaban J connectivity index is 1.50. The standard InChI is InChI=1S/C23H23BrN6OS/c1-2-18(31)29-10-8-14(9-11-29)20-19(24)21(25)30-22(28-20)16(12-27-30)17-13-26-23(32-17)15-6-4-3-5-7-15/h3-7,12-14H,2,8-11,25H2,1H3. The van der Waals surface area contributed by atoms with Gasteiger partial charge < -0.3 is 10.6 Å². The number of aromatic nitrogens is 4.